The van der Waals surface area contributed by atoms with Crippen LogP contribution in [0.3, 0.4) is 0 Å². The third-order valence-corrected chi connectivity index (χ3v) is 5.86. The van der Waals surface area contributed by atoms with Gasteiger partial charge in [0, 0.05) is 19.8 Å². The molecule has 0 unspecified atom stereocenters. The van der Waals surface area contributed by atoms with E-state index in [2.05, 4.69) is 0 Å². The minimum atomic E-state index is -4.67. The molecule has 1 aromatic carbocycles. The number of fused-ring (bicyclic) bond motifs is 1. The van der Waals surface area contributed by atoms with Crippen LogP contribution in [0.15, 0.2) is 23.1 Å². The topological polar surface area (TPSA) is 63.7 Å². The number of hydrogen-bond donors (Lipinski definition) is 0. The Bertz CT molecular complexity index is 756. The summed E-state index contributed by atoms with van der Waals surface area (Å²) in [6.45, 7) is 0.817. The van der Waals surface area contributed by atoms with Crippen LogP contribution in [0.2, 0.25) is 0 Å². The summed E-state index contributed by atoms with van der Waals surface area (Å²) in [5.41, 5.74) is -1.31. The minimum absolute atomic E-state index is 0.109. The summed E-state index contributed by atoms with van der Waals surface area (Å²) in [7, 11) is -4.24. The van der Waals surface area contributed by atoms with Crippen LogP contribution in [0.4, 0.5) is 13.2 Å². The van der Waals surface area contributed by atoms with Gasteiger partial charge in [-0.15, -0.1) is 0 Å². The van der Waals surface area contributed by atoms with Crippen LogP contribution in [-0.2, 0) is 20.9 Å². The van der Waals surface area contributed by atoms with Crippen LogP contribution in [0.5, 0.6) is 0 Å². The van der Waals surface area contributed by atoms with Gasteiger partial charge in [-0.25, -0.2) is 12.7 Å². The van der Waals surface area contributed by atoms with Gasteiger partial charge in [0.1, 0.15) is 4.90 Å². The first-order valence-corrected chi connectivity index (χ1v) is 9.01. The Morgan fingerprint density at radius 2 is 1.96 bits per heavy atom. The summed E-state index contributed by atoms with van der Waals surface area (Å²) < 4.78 is 69.0. The maximum absolute atomic E-state index is 12.8. The van der Waals surface area contributed by atoms with E-state index in [1.54, 1.807) is 0 Å². The lowest BCUT2D eigenvalue weighted by Crippen LogP contribution is -2.31. The lowest BCUT2D eigenvalue weighted by atomic mass is 10.1. The molecule has 24 heavy (non-hydrogen) atoms. The van der Waals surface area contributed by atoms with Gasteiger partial charge in [-0.3, -0.25) is 4.79 Å². The maximum Gasteiger partial charge on any atom is 0.416 e. The molecular formula is C15H16F3NO4S. The molecular weight excluding hydrogens is 347 g/mol. The molecule has 9 heteroatoms. The Kier molecular flexibility index (Phi) is 4.33. The number of benzene rings is 1. The molecule has 0 bridgehead atoms. The number of amides is 1. The fraction of sp³-hybridized carbons (Fsp3) is 0.533. The molecule has 2 aliphatic rings. The molecule has 0 atom stereocenters. The summed E-state index contributed by atoms with van der Waals surface area (Å²) >= 11 is 0. The van der Waals surface area contributed by atoms with Crippen molar-refractivity contribution in [2.24, 2.45) is 5.92 Å². The predicted molar refractivity (Wildman–Crippen MR) is 77.8 cm³/mol. The lowest BCUT2D eigenvalue weighted by Gasteiger charge is -2.15. The van der Waals surface area contributed by atoms with Crippen LogP contribution >= 0.6 is 0 Å². The number of carbonyl (C=O) groups excluding carboxylic acids is 1. The number of alkyl halides is 3. The Labute approximate surface area is 137 Å². The van der Waals surface area contributed by atoms with Crippen molar-refractivity contribution in [1.82, 2.24) is 4.31 Å². The van der Waals surface area contributed by atoms with Crippen molar-refractivity contribution in [2.45, 2.75) is 30.3 Å². The quantitative estimate of drug-likeness (QED) is 0.729. The fourth-order valence-corrected chi connectivity index (χ4v) is 4.15. The molecule has 0 spiro atoms. The second kappa shape index (κ2) is 6.03. The molecule has 1 amide bonds. The highest BCUT2D eigenvalue weighted by molar-refractivity contribution is 7.90. The van der Waals surface area contributed by atoms with E-state index in [0.29, 0.717) is 42.0 Å². The fourth-order valence-electron chi connectivity index (χ4n) is 2.52. The second-order valence-electron chi connectivity index (χ2n) is 5.96. The normalized spacial score (nSPS) is 19.6. The molecule has 1 aromatic rings. The first-order valence-electron chi connectivity index (χ1n) is 7.57. The summed E-state index contributed by atoms with van der Waals surface area (Å²) in [5.74, 6) is -0.215. The van der Waals surface area contributed by atoms with Crippen LogP contribution < -0.4 is 0 Å². The zero-order valence-corrected chi connectivity index (χ0v) is 13.5. The van der Waals surface area contributed by atoms with Crippen molar-refractivity contribution < 1.29 is 31.1 Å². The molecule has 5 nitrogen and oxygen atoms in total. The largest absolute Gasteiger partial charge is 0.416 e. The van der Waals surface area contributed by atoms with Crippen molar-refractivity contribution in [3.05, 3.63) is 29.3 Å². The van der Waals surface area contributed by atoms with Gasteiger partial charge in [-0.05, 0) is 43.4 Å². The number of rotatable bonds is 6. The predicted octanol–water partition coefficient (Wildman–Crippen LogP) is 2.67. The first-order chi connectivity index (χ1) is 11.2. The third kappa shape index (κ3) is 3.27. The van der Waals surface area contributed by atoms with E-state index in [0.717, 1.165) is 18.9 Å². The molecule has 0 aromatic heterocycles. The van der Waals surface area contributed by atoms with Crippen LogP contribution in [0.25, 0.3) is 0 Å². The Balaban J connectivity index is 1.71. The summed E-state index contributed by atoms with van der Waals surface area (Å²) in [6.07, 6.45) is -2.10. The molecule has 1 saturated carbocycles. The van der Waals surface area contributed by atoms with E-state index in [-0.39, 0.29) is 12.1 Å². The number of hydrogen-bond acceptors (Lipinski definition) is 4. The Hall–Kier alpha value is -1.61. The van der Waals surface area contributed by atoms with Crippen molar-refractivity contribution in [3.8, 4) is 0 Å². The number of carbonyl (C=O) groups is 1. The van der Waals surface area contributed by atoms with Crippen LogP contribution in [0.1, 0.15) is 35.2 Å². The molecule has 1 aliphatic carbocycles. The summed E-state index contributed by atoms with van der Waals surface area (Å²) in [6, 6.07) is 2.16. The highest BCUT2D eigenvalue weighted by Crippen LogP contribution is 2.36. The highest BCUT2D eigenvalue weighted by atomic mass is 32.2. The molecule has 1 aliphatic heterocycles. The molecule has 0 saturated heterocycles. The lowest BCUT2D eigenvalue weighted by molar-refractivity contribution is -0.137. The van der Waals surface area contributed by atoms with Gasteiger partial charge >= 0.3 is 6.18 Å². The van der Waals surface area contributed by atoms with E-state index in [1.807, 2.05) is 0 Å². The van der Waals surface area contributed by atoms with Gasteiger partial charge < -0.3 is 4.74 Å². The molecule has 132 valence electrons. The number of sulfonamides is 1. The monoisotopic (exact) mass is 363 g/mol. The number of halogens is 3. The smallest absolute Gasteiger partial charge is 0.381 e. The van der Waals surface area contributed by atoms with Gasteiger partial charge in [-0.2, -0.15) is 13.2 Å². The Morgan fingerprint density at radius 3 is 2.58 bits per heavy atom. The van der Waals surface area contributed by atoms with Crippen LogP contribution in [0, 0.1) is 5.92 Å². The second-order valence-corrected chi connectivity index (χ2v) is 7.79. The molecule has 1 fully saturated rings. The van der Waals surface area contributed by atoms with Crippen LogP contribution in [-0.4, -0.2) is 38.4 Å². The highest BCUT2D eigenvalue weighted by Gasteiger charge is 2.43. The number of ether oxygens (including phenoxy) is 1. The number of nitrogens with zero attached hydrogens (tertiary/aromatic N) is 1. The van der Waals surface area contributed by atoms with Gasteiger partial charge in [0.2, 0.25) is 0 Å². The van der Waals surface area contributed by atoms with Crippen molar-refractivity contribution >= 4 is 15.9 Å². The van der Waals surface area contributed by atoms with E-state index < -0.39 is 32.6 Å². The molecule has 3 rings (SSSR count). The Morgan fingerprint density at radius 1 is 1.25 bits per heavy atom. The summed E-state index contributed by atoms with van der Waals surface area (Å²) in [5, 5.41) is 0. The van der Waals surface area contributed by atoms with E-state index in [9.17, 15) is 26.4 Å². The van der Waals surface area contributed by atoms with E-state index in [1.165, 1.54) is 0 Å². The average molecular weight is 363 g/mol. The molecule has 0 N–H and O–H groups in total. The third-order valence-electron chi connectivity index (χ3n) is 4.03. The average Bonchev–Trinajstić information content (AvgIpc) is 3.29. The van der Waals surface area contributed by atoms with Crippen molar-refractivity contribution in [3.63, 3.8) is 0 Å². The summed E-state index contributed by atoms with van der Waals surface area (Å²) in [4.78, 5) is 11.6. The SMILES string of the molecule is O=C1c2ccc(C(F)(F)F)cc2S(=O)(=O)N1CCCOCC1CC1. The minimum Gasteiger partial charge on any atom is -0.381 e. The van der Waals surface area contributed by atoms with Crippen molar-refractivity contribution in [1.29, 1.82) is 0 Å². The van der Waals surface area contributed by atoms with Gasteiger partial charge in [0.15, 0.2) is 0 Å². The van der Waals surface area contributed by atoms with Gasteiger partial charge in [-0.1, -0.05) is 0 Å². The molecule has 1 heterocycles. The zero-order valence-electron chi connectivity index (χ0n) is 12.7. The van der Waals surface area contributed by atoms with Crippen molar-refractivity contribution in [2.75, 3.05) is 19.8 Å². The van der Waals surface area contributed by atoms with Gasteiger partial charge in [0.05, 0.1) is 11.1 Å². The van der Waals surface area contributed by atoms with Gasteiger partial charge in [0.25, 0.3) is 15.9 Å². The van der Waals surface area contributed by atoms with E-state index >= 15 is 0 Å². The maximum atomic E-state index is 12.8. The molecule has 0 radical (unpaired) electrons. The van der Waals surface area contributed by atoms with E-state index in [4.69, 9.17) is 4.74 Å². The zero-order chi connectivity index (χ0) is 17.5. The first kappa shape index (κ1) is 17.2. The standard InChI is InChI=1S/C15H16F3NO4S/c16-15(17,18)11-4-5-12-13(8-11)24(21,22)19(14(12)20)6-1-7-23-9-10-2-3-10/h4-5,8,10H,1-3,6-7,9H2.